The predicted molar refractivity (Wildman–Crippen MR) is 99.3 cm³/mol. The van der Waals surface area contributed by atoms with Crippen molar-refractivity contribution >= 4 is 17.4 Å². The van der Waals surface area contributed by atoms with Gasteiger partial charge in [0.15, 0.2) is 0 Å². The second-order valence-electron chi connectivity index (χ2n) is 6.10. The first kappa shape index (κ1) is 18.1. The maximum atomic E-state index is 13.1. The largest absolute Gasteiger partial charge is 0.383 e. The van der Waals surface area contributed by atoms with Crippen molar-refractivity contribution in [3.8, 4) is 0 Å². The van der Waals surface area contributed by atoms with Crippen molar-refractivity contribution in [2.24, 2.45) is 0 Å². The van der Waals surface area contributed by atoms with Gasteiger partial charge in [-0.2, -0.15) is 0 Å². The minimum atomic E-state index is -0.225. The topological polar surface area (TPSA) is 57.7 Å². The van der Waals surface area contributed by atoms with E-state index in [2.05, 4.69) is 20.1 Å². The highest BCUT2D eigenvalue weighted by molar-refractivity contribution is 5.94. The zero-order chi connectivity index (χ0) is 18.4. The lowest BCUT2D eigenvalue weighted by molar-refractivity contribution is 0.0937. The normalized spacial score (nSPS) is 14.4. The summed E-state index contributed by atoms with van der Waals surface area (Å²) in [5, 5.41) is 2.81. The number of halogens is 1. The first-order valence-corrected chi connectivity index (χ1v) is 8.66. The van der Waals surface area contributed by atoms with Crippen LogP contribution in [0.4, 0.5) is 15.9 Å². The van der Waals surface area contributed by atoms with Crippen molar-refractivity contribution in [2.45, 2.75) is 0 Å². The molecule has 0 radical (unpaired) electrons. The second kappa shape index (κ2) is 8.62. The molecule has 1 fully saturated rings. The van der Waals surface area contributed by atoms with E-state index in [9.17, 15) is 9.18 Å². The summed E-state index contributed by atoms with van der Waals surface area (Å²) < 4.78 is 18.0. The molecule has 1 N–H and O–H groups in total. The zero-order valence-electron chi connectivity index (χ0n) is 14.8. The summed E-state index contributed by atoms with van der Waals surface area (Å²) in [6.45, 7) is 4.17. The van der Waals surface area contributed by atoms with Crippen LogP contribution in [-0.2, 0) is 4.74 Å². The minimum Gasteiger partial charge on any atom is -0.383 e. The standard InChI is InChI=1S/C19H23FN4O2/c1-26-13-8-22-19(25)15-6-7-21-18(14-15)24-11-9-23(10-12-24)17-4-2-16(20)3-5-17/h2-7,14H,8-13H2,1H3,(H,22,25). The van der Waals surface area contributed by atoms with Crippen LogP contribution in [0.3, 0.4) is 0 Å². The smallest absolute Gasteiger partial charge is 0.251 e. The molecular formula is C19H23FN4O2. The van der Waals surface area contributed by atoms with Gasteiger partial charge in [0, 0.05) is 57.3 Å². The van der Waals surface area contributed by atoms with E-state index < -0.39 is 0 Å². The molecule has 7 heteroatoms. The number of hydrogen-bond donors (Lipinski definition) is 1. The SMILES string of the molecule is COCCNC(=O)c1ccnc(N2CCN(c3ccc(F)cc3)CC2)c1. The van der Waals surface area contributed by atoms with Crippen molar-refractivity contribution in [2.75, 3.05) is 56.2 Å². The molecule has 1 saturated heterocycles. The number of nitrogens with one attached hydrogen (secondary N) is 1. The fourth-order valence-corrected chi connectivity index (χ4v) is 2.95. The number of methoxy groups -OCH3 is 1. The Morgan fingerprint density at radius 1 is 1.15 bits per heavy atom. The Morgan fingerprint density at radius 2 is 1.85 bits per heavy atom. The zero-order valence-corrected chi connectivity index (χ0v) is 14.8. The summed E-state index contributed by atoms with van der Waals surface area (Å²) in [6.07, 6.45) is 1.66. The summed E-state index contributed by atoms with van der Waals surface area (Å²) in [6, 6.07) is 10.1. The number of nitrogens with zero attached hydrogens (tertiary/aromatic N) is 3. The fraction of sp³-hybridized carbons (Fsp3) is 0.368. The quantitative estimate of drug-likeness (QED) is 0.800. The molecule has 0 saturated carbocycles. The summed E-state index contributed by atoms with van der Waals surface area (Å²) in [5.41, 5.74) is 1.61. The van der Waals surface area contributed by atoms with Gasteiger partial charge in [-0.1, -0.05) is 0 Å². The Morgan fingerprint density at radius 3 is 2.54 bits per heavy atom. The average Bonchev–Trinajstić information content (AvgIpc) is 2.69. The Hall–Kier alpha value is -2.67. The van der Waals surface area contributed by atoms with Crippen molar-refractivity contribution in [1.82, 2.24) is 10.3 Å². The van der Waals surface area contributed by atoms with Crippen LogP contribution in [0.2, 0.25) is 0 Å². The molecule has 1 aromatic heterocycles. The van der Waals surface area contributed by atoms with Gasteiger partial charge >= 0.3 is 0 Å². The van der Waals surface area contributed by atoms with Crippen LogP contribution in [0.1, 0.15) is 10.4 Å². The number of aromatic nitrogens is 1. The first-order valence-electron chi connectivity index (χ1n) is 8.66. The molecule has 2 heterocycles. The van der Waals surface area contributed by atoms with Gasteiger partial charge in [-0.25, -0.2) is 9.37 Å². The van der Waals surface area contributed by atoms with Gasteiger partial charge in [0.1, 0.15) is 11.6 Å². The lowest BCUT2D eigenvalue weighted by Gasteiger charge is -2.36. The van der Waals surface area contributed by atoms with E-state index in [4.69, 9.17) is 4.74 Å². The molecule has 0 unspecified atom stereocenters. The van der Waals surface area contributed by atoms with E-state index in [1.54, 1.807) is 31.5 Å². The highest BCUT2D eigenvalue weighted by Crippen LogP contribution is 2.20. The maximum absolute atomic E-state index is 13.1. The highest BCUT2D eigenvalue weighted by atomic mass is 19.1. The van der Waals surface area contributed by atoms with E-state index in [0.717, 1.165) is 37.7 Å². The van der Waals surface area contributed by atoms with Gasteiger partial charge in [0.2, 0.25) is 0 Å². The monoisotopic (exact) mass is 358 g/mol. The number of anilines is 2. The molecule has 138 valence electrons. The molecule has 26 heavy (non-hydrogen) atoms. The molecule has 0 bridgehead atoms. The van der Waals surface area contributed by atoms with Crippen molar-refractivity contribution < 1.29 is 13.9 Å². The Bertz CT molecular complexity index is 731. The van der Waals surface area contributed by atoms with Gasteiger partial charge in [-0.05, 0) is 36.4 Å². The number of pyridine rings is 1. The maximum Gasteiger partial charge on any atom is 0.251 e. The third-order valence-corrected chi connectivity index (χ3v) is 4.39. The lowest BCUT2D eigenvalue weighted by atomic mass is 10.2. The number of hydrogen-bond acceptors (Lipinski definition) is 5. The first-order chi connectivity index (χ1) is 12.7. The molecule has 0 aliphatic carbocycles. The molecule has 3 rings (SSSR count). The number of amides is 1. The average molecular weight is 358 g/mol. The van der Waals surface area contributed by atoms with Gasteiger partial charge in [0.25, 0.3) is 5.91 Å². The number of ether oxygens (including phenoxy) is 1. The molecule has 2 aromatic rings. The van der Waals surface area contributed by atoms with Crippen LogP contribution in [0.5, 0.6) is 0 Å². The minimum absolute atomic E-state index is 0.129. The molecule has 0 atom stereocenters. The third kappa shape index (κ3) is 4.49. The van der Waals surface area contributed by atoms with Crippen molar-refractivity contribution in [3.05, 3.63) is 54.0 Å². The van der Waals surface area contributed by atoms with Gasteiger partial charge in [-0.3, -0.25) is 4.79 Å². The number of carbonyl (C=O) groups is 1. The van der Waals surface area contributed by atoms with E-state index in [-0.39, 0.29) is 11.7 Å². The summed E-state index contributed by atoms with van der Waals surface area (Å²) in [4.78, 5) is 20.9. The number of carbonyl (C=O) groups excluding carboxylic acids is 1. The lowest BCUT2D eigenvalue weighted by Crippen LogP contribution is -2.46. The van der Waals surface area contributed by atoms with Crippen LogP contribution in [0, 0.1) is 5.82 Å². The van der Waals surface area contributed by atoms with Crippen LogP contribution in [0.15, 0.2) is 42.6 Å². The Balaban J connectivity index is 1.59. The molecule has 1 aliphatic heterocycles. The summed E-state index contributed by atoms with van der Waals surface area (Å²) in [7, 11) is 1.60. The number of rotatable bonds is 6. The van der Waals surface area contributed by atoms with E-state index in [0.29, 0.717) is 18.7 Å². The Kier molecular flexibility index (Phi) is 6.01. The van der Waals surface area contributed by atoms with Crippen LogP contribution >= 0.6 is 0 Å². The van der Waals surface area contributed by atoms with Crippen molar-refractivity contribution in [1.29, 1.82) is 0 Å². The molecule has 1 aliphatic rings. The van der Waals surface area contributed by atoms with E-state index >= 15 is 0 Å². The van der Waals surface area contributed by atoms with Gasteiger partial charge < -0.3 is 19.9 Å². The predicted octanol–water partition coefficient (Wildman–Crippen LogP) is 1.92. The van der Waals surface area contributed by atoms with Crippen LogP contribution in [-0.4, -0.2) is 57.3 Å². The number of benzene rings is 1. The molecule has 1 amide bonds. The third-order valence-electron chi connectivity index (χ3n) is 4.39. The molecule has 1 aromatic carbocycles. The summed E-state index contributed by atoms with van der Waals surface area (Å²) >= 11 is 0. The number of piperazine rings is 1. The fourth-order valence-electron chi connectivity index (χ4n) is 2.95. The molecular weight excluding hydrogens is 335 g/mol. The van der Waals surface area contributed by atoms with Crippen LogP contribution in [0.25, 0.3) is 0 Å². The Labute approximate surface area is 152 Å². The van der Waals surface area contributed by atoms with Gasteiger partial charge in [-0.15, -0.1) is 0 Å². The van der Waals surface area contributed by atoms with Crippen LogP contribution < -0.4 is 15.1 Å². The highest BCUT2D eigenvalue weighted by Gasteiger charge is 2.19. The van der Waals surface area contributed by atoms with Gasteiger partial charge in [0.05, 0.1) is 6.61 Å². The van der Waals surface area contributed by atoms with E-state index in [1.165, 1.54) is 12.1 Å². The molecule has 0 spiro atoms. The summed E-state index contributed by atoms with van der Waals surface area (Å²) in [5.74, 6) is 0.441. The molecule has 6 nitrogen and oxygen atoms in total. The van der Waals surface area contributed by atoms with Crippen molar-refractivity contribution in [3.63, 3.8) is 0 Å². The second-order valence-corrected chi connectivity index (χ2v) is 6.10. The van der Waals surface area contributed by atoms with E-state index in [1.807, 2.05) is 6.07 Å².